The Morgan fingerprint density at radius 3 is 2.73 bits per heavy atom. The maximum Gasteiger partial charge on any atom is 0.337 e. The van der Waals surface area contributed by atoms with Crippen LogP contribution in [0.5, 0.6) is 0 Å². The van der Waals surface area contributed by atoms with Gasteiger partial charge in [-0.1, -0.05) is 37.6 Å². The molecule has 0 aliphatic carbocycles. The van der Waals surface area contributed by atoms with Gasteiger partial charge in [-0.05, 0) is 52.8 Å². The predicted molar refractivity (Wildman–Crippen MR) is 131 cm³/mol. The minimum Gasteiger partial charge on any atom is -0.465 e. The van der Waals surface area contributed by atoms with Gasteiger partial charge in [0, 0.05) is 37.1 Å². The highest BCUT2D eigenvalue weighted by molar-refractivity contribution is 6.43. The van der Waals surface area contributed by atoms with Gasteiger partial charge in [0.2, 0.25) is 0 Å². The van der Waals surface area contributed by atoms with E-state index >= 15 is 0 Å². The van der Waals surface area contributed by atoms with Crippen LogP contribution in [-0.2, 0) is 16.1 Å². The first-order chi connectivity index (χ1) is 16.0. The molecule has 0 saturated heterocycles. The van der Waals surface area contributed by atoms with Gasteiger partial charge in [0.1, 0.15) is 5.71 Å². The lowest BCUT2D eigenvalue weighted by molar-refractivity contribution is -0.114. The predicted octanol–water partition coefficient (Wildman–Crippen LogP) is 4.02. The van der Waals surface area contributed by atoms with Crippen LogP contribution in [0.3, 0.4) is 0 Å². The van der Waals surface area contributed by atoms with Crippen molar-refractivity contribution in [1.82, 2.24) is 10.3 Å². The molecule has 0 saturated carbocycles. The van der Waals surface area contributed by atoms with E-state index in [0.717, 1.165) is 33.9 Å². The van der Waals surface area contributed by atoms with Gasteiger partial charge in [0.05, 0.1) is 12.7 Å². The molecule has 3 N–H and O–H groups in total. The second kappa shape index (κ2) is 11.0. The van der Waals surface area contributed by atoms with Crippen LogP contribution in [0.15, 0.2) is 71.6 Å². The van der Waals surface area contributed by atoms with Crippen LogP contribution in [0, 0.1) is 0 Å². The van der Waals surface area contributed by atoms with Gasteiger partial charge < -0.3 is 15.8 Å². The molecule has 3 rings (SSSR count). The minimum absolute atomic E-state index is 0.288. The van der Waals surface area contributed by atoms with E-state index in [-0.39, 0.29) is 11.9 Å². The molecular formula is C26H28N4O3. The lowest BCUT2D eigenvalue weighted by atomic mass is 9.95. The Labute approximate surface area is 193 Å². The summed E-state index contributed by atoms with van der Waals surface area (Å²) in [6, 6.07) is 13.2. The fourth-order valence-electron chi connectivity index (χ4n) is 3.62. The molecule has 3 aromatic rings. The summed E-state index contributed by atoms with van der Waals surface area (Å²) in [6.45, 7) is 2.34. The number of hydrogen-bond acceptors (Lipinski definition) is 6. The SMILES string of the molecule is CCCC(N)=CC(=NC)C(=O)NCc1ccc(-c2cccc(C(=O)OC)c2)c2ccncc12. The third kappa shape index (κ3) is 5.63. The lowest BCUT2D eigenvalue weighted by Gasteiger charge is -2.13. The smallest absolute Gasteiger partial charge is 0.337 e. The molecule has 0 fully saturated rings. The van der Waals surface area contributed by atoms with Crippen molar-refractivity contribution in [3.05, 3.63) is 77.8 Å². The zero-order chi connectivity index (χ0) is 23.8. The van der Waals surface area contributed by atoms with Gasteiger partial charge in [-0.2, -0.15) is 0 Å². The van der Waals surface area contributed by atoms with E-state index in [9.17, 15) is 9.59 Å². The summed E-state index contributed by atoms with van der Waals surface area (Å²) in [5.41, 5.74) is 10.1. The van der Waals surface area contributed by atoms with Crippen molar-refractivity contribution in [3.8, 4) is 11.1 Å². The molecule has 0 bridgehead atoms. The number of rotatable bonds is 8. The molecule has 0 aliphatic rings. The van der Waals surface area contributed by atoms with Crippen molar-refractivity contribution in [2.75, 3.05) is 14.2 Å². The van der Waals surface area contributed by atoms with Gasteiger partial charge in [-0.3, -0.25) is 14.8 Å². The van der Waals surface area contributed by atoms with E-state index in [1.165, 1.54) is 7.11 Å². The topological polar surface area (TPSA) is 107 Å². The van der Waals surface area contributed by atoms with Crippen LogP contribution in [0.1, 0.15) is 35.7 Å². The molecule has 0 aliphatic heterocycles. The van der Waals surface area contributed by atoms with Crippen molar-refractivity contribution in [2.24, 2.45) is 10.7 Å². The first-order valence-corrected chi connectivity index (χ1v) is 10.7. The summed E-state index contributed by atoms with van der Waals surface area (Å²) in [7, 11) is 2.93. The van der Waals surface area contributed by atoms with Crippen LogP contribution < -0.4 is 11.1 Å². The normalized spacial score (nSPS) is 12.0. The van der Waals surface area contributed by atoms with E-state index in [1.807, 2.05) is 37.3 Å². The number of esters is 1. The fraction of sp³-hybridized carbons (Fsp3) is 0.231. The number of benzene rings is 2. The second-order valence-corrected chi connectivity index (χ2v) is 7.53. The van der Waals surface area contributed by atoms with Gasteiger partial charge in [-0.25, -0.2) is 4.79 Å². The Morgan fingerprint density at radius 2 is 2.00 bits per heavy atom. The number of nitrogens with one attached hydrogen (secondary N) is 1. The number of pyridine rings is 1. The van der Waals surface area contributed by atoms with Crippen LogP contribution in [0.2, 0.25) is 0 Å². The van der Waals surface area contributed by atoms with Crippen LogP contribution >= 0.6 is 0 Å². The molecule has 0 spiro atoms. The average Bonchev–Trinajstić information content (AvgIpc) is 2.85. The average molecular weight is 445 g/mol. The number of methoxy groups -OCH3 is 1. The zero-order valence-electron chi connectivity index (χ0n) is 19.1. The van der Waals surface area contributed by atoms with Gasteiger partial charge >= 0.3 is 5.97 Å². The Balaban J connectivity index is 1.89. The number of nitrogens with two attached hydrogens (primary N) is 1. The van der Waals surface area contributed by atoms with Crippen LogP contribution in [0.25, 0.3) is 21.9 Å². The standard InChI is InChI=1S/C26H28N4O3/c1-4-6-20(27)14-24(28-2)25(31)30-15-19-9-10-21(22-11-12-29-16-23(19)22)17-7-5-8-18(13-17)26(32)33-3/h5,7-14,16H,4,6,15,27H2,1-3H3,(H,30,31). The summed E-state index contributed by atoms with van der Waals surface area (Å²) < 4.78 is 4.84. The largest absolute Gasteiger partial charge is 0.465 e. The number of fused-ring (bicyclic) bond motifs is 1. The molecule has 1 amide bonds. The van der Waals surface area contributed by atoms with Gasteiger partial charge in [0.15, 0.2) is 0 Å². The Bertz CT molecular complexity index is 1230. The summed E-state index contributed by atoms with van der Waals surface area (Å²) >= 11 is 0. The highest BCUT2D eigenvalue weighted by Crippen LogP contribution is 2.31. The monoisotopic (exact) mass is 444 g/mol. The summed E-state index contributed by atoms with van der Waals surface area (Å²) in [4.78, 5) is 32.9. The molecule has 0 unspecified atom stereocenters. The molecule has 1 heterocycles. The number of carbonyl (C=O) groups excluding carboxylic acids is 2. The Morgan fingerprint density at radius 1 is 1.18 bits per heavy atom. The number of aromatic nitrogens is 1. The number of carbonyl (C=O) groups is 2. The van der Waals surface area contributed by atoms with Crippen LogP contribution in [-0.4, -0.2) is 36.7 Å². The molecule has 33 heavy (non-hydrogen) atoms. The second-order valence-electron chi connectivity index (χ2n) is 7.53. The maximum atomic E-state index is 12.6. The molecular weight excluding hydrogens is 416 g/mol. The lowest BCUT2D eigenvalue weighted by Crippen LogP contribution is -2.30. The highest BCUT2D eigenvalue weighted by atomic mass is 16.5. The summed E-state index contributed by atoms with van der Waals surface area (Å²) in [5.74, 6) is -0.674. The van der Waals surface area contributed by atoms with E-state index in [0.29, 0.717) is 29.9 Å². The molecule has 170 valence electrons. The van der Waals surface area contributed by atoms with E-state index < -0.39 is 0 Å². The molecule has 0 atom stereocenters. The first-order valence-electron chi connectivity index (χ1n) is 10.7. The summed E-state index contributed by atoms with van der Waals surface area (Å²) in [5, 5.41) is 4.80. The van der Waals surface area contributed by atoms with E-state index in [1.54, 1.807) is 37.7 Å². The molecule has 1 aromatic heterocycles. The molecule has 7 heteroatoms. The first kappa shape index (κ1) is 23.7. The van der Waals surface area contributed by atoms with Crippen molar-refractivity contribution in [2.45, 2.75) is 26.3 Å². The van der Waals surface area contributed by atoms with Crippen molar-refractivity contribution in [1.29, 1.82) is 0 Å². The third-order valence-electron chi connectivity index (χ3n) is 5.28. The number of hydrogen-bond donors (Lipinski definition) is 2. The van der Waals surface area contributed by atoms with E-state index in [4.69, 9.17) is 10.5 Å². The number of aliphatic imine (C=N–C) groups is 1. The third-order valence-corrected chi connectivity index (χ3v) is 5.28. The molecule has 2 aromatic carbocycles. The van der Waals surface area contributed by atoms with Crippen molar-refractivity contribution < 1.29 is 14.3 Å². The number of allylic oxidation sites excluding steroid dienone is 1. The number of amides is 1. The molecule has 0 radical (unpaired) electrons. The zero-order valence-corrected chi connectivity index (χ0v) is 19.1. The number of nitrogens with zero attached hydrogens (tertiary/aromatic N) is 2. The van der Waals surface area contributed by atoms with Crippen molar-refractivity contribution in [3.63, 3.8) is 0 Å². The summed E-state index contributed by atoms with van der Waals surface area (Å²) in [6.07, 6.45) is 6.73. The van der Waals surface area contributed by atoms with Crippen LogP contribution in [0.4, 0.5) is 0 Å². The number of ether oxygens (including phenoxy) is 1. The maximum absolute atomic E-state index is 12.6. The quantitative estimate of drug-likeness (QED) is 0.403. The fourth-order valence-corrected chi connectivity index (χ4v) is 3.62. The molecule has 7 nitrogen and oxygen atoms in total. The van der Waals surface area contributed by atoms with Gasteiger partial charge in [0.25, 0.3) is 5.91 Å². The Kier molecular flexibility index (Phi) is 7.91. The minimum atomic E-state index is -0.385. The Hall–Kier alpha value is -4.00. The van der Waals surface area contributed by atoms with Crippen molar-refractivity contribution >= 4 is 28.4 Å². The van der Waals surface area contributed by atoms with Gasteiger partial charge in [-0.15, -0.1) is 0 Å². The van der Waals surface area contributed by atoms with E-state index in [2.05, 4.69) is 15.3 Å². The highest BCUT2D eigenvalue weighted by Gasteiger charge is 2.13.